The second-order valence-corrected chi connectivity index (χ2v) is 4.02. The molecular weight excluding hydrogens is 346 g/mol. The maximum absolute atomic E-state index is 10.5. The van der Waals surface area contributed by atoms with Crippen LogP contribution in [0.25, 0.3) is 0 Å². The van der Waals surface area contributed by atoms with Crippen molar-refractivity contribution in [3.63, 3.8) is 0 Å². The zero-order valence-corrected chi connectivity index (χ0v) is 11.8. The van der Waals surface area contributed by atoms with E-state index in [9.17, 15) is 4.79 Å². The van der Waals surface area contributed by atoms with Crippen molar-refractivity contribution in [2.75, 3.05) is 18.1 Å². The average molecular weight is 359 g/mol. The number of hydrogen-bond acceptors (Lipinski definition) is 3. The summed E-state index contributed by atoms with van der Waals surface area (Å²) < 4.78 is 0. The van der Waals surface area contributed by atoms with Gasteiger partial charge in [-0.15, -0.1) is 0 Å². The Kier molecular flexibility index (Phi) is 5.77. The maximum Gasteiger partial charge on any atom is 0.305 e. The van der Waals surface area contributed by atoms with Crippen molar-refractivity contribution in [2.45, 2.75) is 6.42 Å². The number of aliphatic carboxylic acids is 1. The minimum absolute atomic E-state index is 0. The topological polar surface area (TPSA) is 55.8 Å². The summed E-state index contributed by atoms with van der Waals surface area (Å²) in [4.78, 5) is 12.4. The standard InChI is InChI=1S/C11H13N3O2S.Ag/c15-10(16)6-7-14-11(17)13(8-12-14)9-4-2-1-3-5-9;/h1-5,12H,6-8H2,(H,15,16);. The van der Waals surface area contributed by atoms with E-state index in [0.29, 0.717) is 18.3 Å². The number of nitrogens with one attached hydrogen (secondary N) is 1. The van der Waals surface area contributed by atoms with E-state index < -0.39 is 5.97 Å². The summed E-state index contributed by atoms with van der Waals surface area (Å²) in [6.07, 6.45) is 0.0652. The number of thiocarbonyl (C=S) groups is 1. The Morgan fingerprint density at radius 2 is 2.06 bits per heavy atom. The Morgan fingerprint density at radius 3 is 2.67 bits per heavy atom. The molecule has 0 aromatic heterocycles. The normalized spacial score (nSPS) is 14.6. The van der Waals surface area contributed by atoms with E-state index in [-0.39, 0.29) is 28.8 Å². The molecular formula is C11H13AgN3O2S. The van der Waals surface area contributed by atoms with Crippen LogP contribution in [0.4, 0.5) is 5.69 Å². The number of hydrazine groups is 1. The van der Waals surface area contributed by atoms with E-state index in [1.54, 1.807) is 5.01 Å². The molecule has 1 aromatic carbocycles. The third-order valence-electron chi connectivity index (χ3n) is 2.50. The first-order chi connectivity index (χ1) is 8.18. The molecule has 1 radical (unpaired) electrons. The largest absolute Gasteiger partial charge is 0.481 e. The number of carboxylic acids is 1. The summed E-state index contributed by atoms with van der Waals surface area (Å²) in [5.41, 5.74) is 4.07. The van der Waals surface area contributed by atoms with E-state index in [0.717, 1.165) is 5.69 Å². The van der Waals surface area contributed by atoms with Gasteiger partial charge in [0.15, 0.2) is 5.11 Å². The molecule has 101 valence electrons. The van der Waals surface area contributed by atoms with Gasteiger partial charge in [0.2, 0.25) is 0 Å². The maximum atomic E-state index is 10.5. The number of carbonyl (C=O) groups is 1. The zero-order valence-electron chi connectivity index (χ0n) is 9.47. The number of nitrogens with zero attached hydrogens (tertiary/aromatic N) is 2. The van der Waals surface area contributed by atoms with E-state index in [2.05, 4.69) is 5.43 Å². The predicted molar refractivity (Wildman–Crippen MR) is 68.5 cm³/mol. The Hall–Kier alpha value is -0.920. The molecule has 1 aliphatic heterocycles. The molecule has 0 amide bonds. The molecule has 7 heteroatoms. The van der Waals surface area contributed by atoms with Crippen LogP contribution in [0.15, 0.2) is 30.3 Å². The van der Waals surface area contributed by atoms with Gasteiger partial charge in [0.1, 0.15) is 0 Å². The van der Waals surface area contributed by atoms with Gasteiger partial charge in [0.25, 0.3) is 0 Å². The van der Waals surface area contributed by atoms with Gasteiger partial charge in [-0.2, -0.15) is 0 Å². The van der Waals surface area contributed by atoms with Gasteiger partial charge < -0.3 is 10.0 Å². The van der Waals surface area contributed by atoms with Gasteiger partial charge in [-0.3, -0.25) is 9.80 Å². The Balaban J connectivity index is 0.00000162. The molecule has 1 saturated heterocycles. The molecule has 0 aliphatic carbocycles. The first-order valence-corrected chi connectivity index (χ1v) is 5.68. The molecule has 0 bridgehead atoms. The molecule has 2 N–H and O–H groups in total. The van der Waals surface area contributed by atoms with Crippen LogP contribution in [0.5, 0.6) is 0 Å². The molecule has 1 aliphatic rings. The first kappa shape index (κ1) is 15.1. The molecule has 0 atom stereocenters. The Bertz CT molecular complexity index is 430. The monoisotopic (exact) mass is 358 g/mol. The van der Waals surface area contributed by atoms with Crippen molar-refractivity contribution >= 4 is 29.0 Å². The fraction of sp³-hybridized carbons (Fsp3) is 0.273. The molecule has 18 heavy (non-hydrogen) atoms. The van der Waals surface area contributed by atoms with Crippen molar-refractivity contribution in [1.82, 2.24) is 10.4 Å². The van der Waals surface area contributed by atoms with Gasteiger partial charge in [0, 0.05) is 34.6 Å². The summed E-state index contributed by atoms with van der Waals surface area (Å²) in [6.45, 7) is 0.944. The summed E-state index contributed by atoms with van der Waals surface area (Å²) in [7, 11) is 0. The van der Waals surface area contributed by atoms with E-state index in [4.69, 9.17) is 17.3 Å². The van der Waals surface area contributed by atoms with Crippen LogP contribution in [0, 0.1) is 0 Å². The van der Waals surface area contributed by atoms with Crippen molar-refractivity contribution in [1.29, 1.82) is 0 Å². The Labute approximate surface area is 126 Å². The molecule has 0 unspecified atom stereocenters. The van der Waals surface area contributed by atoms with Gasteiger partial charge in [-0.1, -0.05) is 18.2 Å². The van der Waals surface area contributed by atoms with Crippen molar-refractivity contribution in [3.05, 3.63) is 30.3 Å². The van der Waals surface area contributed by atoms with Crippen LogP contribution in [-0.4, -0.2) is 34.4 Å². The second-order valence-electron chi connectivity index (χ2n) is 3.66. The van der Waals surface area contributed by atoms with Gasteiger partial charge in [0.05, 0.1) is 13.1 Å². The van der Waals surface area contributed by atoms with Gasteiger partial charge >= 0.3 is 5.97 Å². The van der Waals surface area contributed by atoms with E-state index in [1.165, 1.54) is 0 Å². The average Bonchev–Trinajstić information content (AvgIpc) is 2.69. The first-order valence-electron chi connectivity index (χ1n) is 5.28. The predicted octanol–water partition coefficient (Wildman–Crippen LogP) is 1.03. The zero-order chi connectivity index (χ0) is 12.3. The number of anilines is 1. The molecule has 1 heterocycles. The third kappa shape index (κ3) is 3.54. The quantitative estimate of drug-likeness (QED) is 0.619. The number of hydrogen-bond donors (Lipinski definition) is 2. The Morgan fingerprint density at radius 1 is 1.39 bits per heavy atom. The van der Waals surface area contributed by atoms with Crippen LogP contribution in [-0.2, 0) is 27.2 Å². The smallest absolute Gasteiger partial charge is 0.305 e. The molecule has 0 saturated carbocycles. The number of rotatable bonds is 4. The van der Waals surface area contributed by atoms with Crippen molar-refractivity contribution < 1.29 is 32.3 Å². The van der Waals surface area contributed by atoms with E-state index >= 15 is 0 Å². The van der Waals surface area contributed by atoms with Crippen molar-refractivity contribution in [2.24, 2.45) is 0 Å². The van der Waals surface area contributed by atoms with Gasteiger partial charge in [-0.05, 0) is 24.4 Å². The molecule has 5 nitrogen and oxygen atoms in total. The minimum atomic E-state index is -0.826. The SMILES string of the molecule is O=C(O)CCN1NCN(c2ccccc2)C1=S.[Ag]. The number of para-hydroxylation sites is 1. The van der Waals surface area contributed by atoms with Crippen molar-refractivity contribution in [3.8, 4) is 0 Å². The van der Waals surface area contributed by atoms with Crippen LogP contribution in [0.3, 0.4) is 0 Å². The van der Waals surface area contributed by atoms with Gasteiger partial charge in [-0.25, -0.2) is 5.43 Å². The molecule has 1 aromatic rings. The van der Waals surface area contributed by atoms with Crippen LogP contribution >= 0.6 is 12.2 Å². The summed E-state index contributed by atoms with van der Waals surface area (Å²) in [5.74, 6) is -0.826. The van der Waals surface area contributed by atoms with Crippen LogP contribution in [0.1, 0.15) is 6.42 Å². The fourth-order valence-electron chi connectivity index (χ4n) is 1.63. The summed E-state index contributed by atoms with van der Waals surface area (Å²) in [6, 6.07) is 9.76. The van der Waals surface area contributed by atoms with E-state index in [1.807, 2.05) is 35.2 Å². The fourth-order valence-corrected chi connectivity index (χ4v) is 1.95. The number of carboxylic acid groups (broad SMARTS) is 1. The van der Waals surface area contributed by atoms with Crippen LogP contribution < -0.4 is 10.3 Å². The molecule has 0 spiro atoms. The minimum Gasteiger partial charge on any atom is -0.481 e. The molecule has 1 fully saturated rings. The van der Waals surface area contributed by atoms with Crippen LogP contribution in [0.2, 0.25) is 0 Å². The summed E-state index contributed by atoms with van der Waals surface area (Å²) >= 11 is 5.29. The number of benzene rings is 1. The summed E-state index contributed by atoms with van der Waals surface area (Å²) in [5, 5.41) is 10.9. The third-order valence-corrected chi connectivity index (χ3v) is 2.94. The second kappa shape index (κ2) is 6.86. The molecule has 2 rings (SSSR count).